The summed E-state index contributed by atoms with van der Waals surface area (Å²) in [5.41, 5.74) is 0.430. The zero-order valence-corrected chi connectivity index (χ0v) is 14.4. The summed E-state index contributed by atoms with van der Waals surface area (Å²) in [4.78, 5) is 26.2. The molecule has 6 heteroatoms. The van der Waals surface area contributed by atoms with Gasteiger partial charge in [0.15, 0.2) is 6.61 Å². The number of carbonyl (C=O) groups excluding carboxylic acids is 2. The first-order chi connectivity index (χ1) is 12.6. The van der Waals surface area contributed by atoms with Crippen molar-refractivity contribution in [3.05, 3.63) is 60.2 Å². The highest BCUT2D eigenvalue weighted by atomic mass is 16.5. The number of nitrogens with one attached hydrogen (secondary N) is 1. The molecule has 3 rings (SSSR count). The van der Waals surface area contributed by atoms with Gasteiger partial charge in [0.05, 0.1) is 0 Å². The molecule has 1 aliphatic heterocycles. The van der Waals surface area contributed by atoms with Crippen LogP contribution in [-0.2, 0) is 4.79 Å². The highest BCUT2D eigenvalue weighted by molar-refractivity contribution is 5.94. The van der Waals surface area contributed by atoms with E-state index < -0.39 is 0 Å². The van der Waals surface area contributed by atoms with Crippen molar-refractivity contribution in [3.63, 3.8) is 0 Å². The summed E-state index contributed by atoms with van der Waals surface area (Å²) in [6.45, 7) is 1.19. The lowest BCUT2D eigenvalue weighted by Gasteiger charge is -2.32. The zero-order chi connectivity index (χ0) is 18.4. The number of amides is 2. The van der Waals surface area contributed by atoms with E-state index >= 15 is 0 Å². The first kappa shape index (κ1) is 17.8. The minimum Gasteiger partial charge on any atom is -0.508 e. The predicted molar refractivity (Wildman–Crippen MR) is 97.1 cm³/mol. The van der Waals surface area contributed by atoms with Crippen molar-refractivity contribution >= 4 is 11.8 Å². The van der Waals surface area contributed by atoms with Crippen molar-refractivity contribution in [2.45, 2.75) is 18.9 Å². The molecule has 0 bridgehead atoms. The third-order valence-electron chi connectivity index (χ3n) is 4.40. The van der Waals surface area contributed by atoms with Gasteiger partial charge in [-0.1, -0.05) is 24.3 Å². The van der Waals surface area contributed by atoms with Crippen LogP contribution in [0.2, 0.25) is 0 Å². The Morgan fingerprint density at radius 1 is 1.08 bits per heavy atom. The molecule has 0 spiro atoms. The monoisotopic (exact) mass is 354 g/mol. The molecule has 0 aromatic heterocycles. The number of benzene rings is 2. The van der Waals surface area contributed by atoms with Crippen LogP contribution in [-0.4, -0.2) is 47.6 Å². The van der Waals surface area contributed by atoms with Gasteiger partial charge in [-0.15, -0.1) is 0 Å². The number of aromatic hydroxyl groups is 1. The second kappa shape index (κ2) is 8.38. The lowest BCUT2D eigenvalue weighted by Crippen LogP contribution is -2.47. The average molecular weight is 354 g/mol. The van der Waals surface area contributed by atoms with E-state index in [1.807, 2.05) is 30.3 Å². The highest BCUT2D eigenvalue weighted by Gasteiger charge is 2.24. The molecule has 2 N–H and O–H groups in total. The fourth-order valence-corrected chi connectivity index (χ4v) is 2.94. The molecule has 1 saturated heterocycles. The van der Waals surface area contributed by atoms with Crippen LogP contribution in [0.4, 0.5) is 0 Å². The van der Waals surface area contributed by atoms with E-state index in [0.29, 0.717) is 37.2 Å². The molecular weight excluding hydrogens is 332 g/mol. The van der Waals surface area contributed by atoms with Crippen molar-refractivity contribution in [3.8, 4) is 11.5 Å². The molecule has 0 unspecified atom stereocenters. The molecule has 0 radical (unpaired) electrons. The number of likely N-dealkylation sites (tertiary alicyclic amines) is 1. The van der Waals surface area contributed by atoms with Crippen LogP contribution in [0.5, 0.6) is 11.5 Å². The Balaban J connectivity index is 1.43. The second-order valence-corrected chi connectivity index (χ2v) is 6.28. The van der Waals surface area contributed by atoms with Crippen molar-refractivity contribution in [2.24, 2.45) is 0 Å². The van der Waals surface area contributed by atoms with Gasteiger partial charge in [-0.25, -0.2) is 0 Å². The first-order valence-electron chi connectivity index (χ1n) is 8.67. The highest BCUT2D eigenvalue weighted by Crippen LogP contribution is 2.15. The number of phenolic OH excluding ortho intramolecular Hbond substituents is 1. The average Bonchev–Trinajstić information content (AvgIpc) is 2.67. The molecule has 2 aromatic rings. The van der Waals surface area contributed by atoms with E-state index in [2.05, 4.69) is 5.32 Å². The summed E-state index contributed by atoms with van der Waals surface area (Å²) >= 11 is 0. The predicted octanol–water partition coefficient (Wildman–Crippen LogP) is 2.19. The van der Waals surface area contributed by atoms with Crippen LogP contribution in [0.1, 0.15) is 23.2 Å². The van der Waals surface area contributed by atoms with Gasteiger partial charge in [-0.2, -0.15) is 0 Å². The van der Waals surface area contributed by atoms with Gasteiger partial charge < -0.3 is 20.1 Å². The molecule has 0 saturated carbocycles. The molecule has 26 heavy (non-hydrogen) atoms. The van der Waals surface area contributed by atoms with Gasteiger partial charge in [0.2, 0.25) is 0 Å². The number of rotatable bonds is 5. The molecule has 1 heterocycles. The van der Waals surface area contributed by atoms with E-state index in [1.54, 1.807) is 17.0 Å². The maximum Gasteiger partial charge on any atom is 0.260 e. The van der Waals surface area contributed by atoms with Gasteiger partial charge in [-0.3, -0.25) is 9.59 Å². The van der Waals surface area contributed by atoms with Gasteiger partial charge in [0.1, 0.15) is 11.5 Å². The topological polar surface area (TPSA) is 78.9 Å². The Bertz CT molecular complexity index is 755. The molecule has 0 aliphatic carbocycles. The first-order valence-corrected chi connectivity index (χ1v) is 8.67. The van der Waals surface area contributed by atoms with E-state index in [9.17, 15) is 14.7 Å². The maximum absolute atomic E-state index is 12.2. The molecule has 1 fully saturated rings. The van der Waals surface area contributed by atoms with Crippen LogP contribution in [0.15, 0.2) is 54.6 Å². The standard InChI is InChI=1S/C20H22N2O4/c23-17-6-4-5-15(13-17)20(25)21-16-9-11-22(12-10-16)19(24)14-26-18-7-2-1-3-8-18/h1-8,13,16,23H,9-12,14H2,(H,21,25). The van der Waals surface area contributed by atoms with Crippen molar-refractivity contribution < 1.29 is 19.4 Å². The maximum atomic E-state index is 12.2. The minimum absolute atomic E-state index is 0.0175. The van der Waals surface area contributed by atoms with Gasteiger partial charge in [0.25, 0.3) is 11.8 Å². The van der Waals surface area contributed by atoms with Gasteiger partial charge in [0, 0.05) is 24.7 Å². The Hall–Kier alpha value is -3.02. The quantitative estimate of drug-likeness (QED) is 0.863. The van der Waals surface area contributed by atoms with Crippen LogP contribution in [0.25, 0.3) is 0 Å². The lowest BCUT2D eigenvalue weighted by atomic mass is 10.0. The number of nitrogens with zero attached hydrogens (tertiary/aromatic N) is 1. The van der Waals surface area contributed by atoms with E-state index in [1.165, 1.54) is 12.1 Å². The SMILES string of the molecule is O=C(NC1CCN(C(=O)COc2ccccc2)CC1)c1cccc(O)c1. The number of carbonyl (C=O) groups is 2. The largest absolute Gasteiger partial charge is 0.508 e. The Morgan fingerprint density at radius 3 is 2.50 bits per heavy atom. The minimum atomic E-state index is -0.210. The third-order valence-corrected chi connectivity index (χ3v) is 4.40. The number of piperidine rings is 1. The lowest BCUT2D eigenvalue weighted by molar-refractivity contribution is -0.134. The summed E-state index contributed by atoms with van der Waals surface area (Å²) in [5.74, 6) is 0.482. The van der Waals surface area contributed by atoms with Gasteiger partial charge in [-0.05, 0) is 43.2 Å². The smallest absolute Gasteiger partial charge is 0.260 e. The number of hydrogen-bond donors (Lipinski definition) is 2. The normalized spacial score (nSPS) is 14.7. The number of para-hydroxylation sites is 1. The van der Waals surface area contributed by atoms with Crippen LogP contribution < -0.4 is 10.1 Å². The third kappa shape index (κ3) is 4.75. The van der Waals surface area contributed by atoms with Crippen LogP contribution >= 0.6 is 0 Å². The molecule has 0 atom stereocenters. The Labute approximate surface area is 152 Å². The van der Waals surface area contributed by atoms with Crippen molar-refractivity contribution in [1.82, 2.24) is 10.2 Å². The molecule has 136 valence electrons. The fraction of sp³-hybridized carbons (Fsp3) is 0.300. The molecular formula is C20H22N2O4. The van der Waals surface area contributed by atoms with Crippen LogP contribution in [0.3, 0.4) is 0 Å². The summed E-state index contributed by atoms with van der Waals surface area (Å²) in [6.07, 6.45) is 1.39. The van der Waals surface area contributed by atoms with Crippen molar-refractivity contribution in [2.75, 3.05) is 19.7 Å². The van der Waals surface area contributed by atoms with Crippen LogP contribution in [0, 0.1) is 0 Å². The fourth-order valence-electron chi connectivity index (χ4n) is 2.94. The Kier molecular flexibility index (Phi) is 5.73. The summed E-state index contributed by atoms with van der Waals surface area (Å²) in [6, 6.07) is 15.5. The molecule has 2 amide bonds. The summed E-state index contributed by atoms with van der Waals surface area (Å²) < 4.78 is 5.50. The van der Waals surface area contributed by atoms with Crippen molar-refractivity contribution in [1.29, 1.82) is 0 Å². The van der Waals surface area contributed by atoms with E-state index in [4.69, 9.17) is 4.74 Å². The molecule has 6 nitrogen and oxygen atoms in total. The van der Waals surface area contributed by atoms with E-state index in [0.717, 1.165) is 0 Å². The molecule has 2 aromatic carbocycles. The summed E-state index contributed by atoms with van der Waals surface area (Å²) in [5, 5.41) is 12.4. The van der Waals surface area contributed by atoms with E-state index in [-0.39, 0.29) is 30.2 Å². The zero-order valence-electron chi connectivity index (χ0n) is 14.4. The summed E-state index contributed by atoms with van der Waals surface area (Å²) in [7, 11) is 0. The van der Waals surface area contributed by atoms with Gasteiger partial charge >= 0.3 is 0 Å². The number of phenols is 1. The Morgan fingerprint density at radius 2 is 1.81 bits per heavy atom. The number of ether oxygens (including phenoxy) is 1. The second-order valence-electron chi connectivity index (χ2n) is 6.28. The number of hydrogen-bond acceptors (Lipinski definition) is 4. The molecule has 1 aliphatic rings.